The highest BCUT2D eigenvalue weighted by molar-refractivity contribution is 6.29. The normalized spacial score (nSPS) is 18.8. The second kappa shape index (κ2) is 10.2. The highest BCUT2D eigenvalue weighted by Gasteiger charge is 2.38. The van der Waals surface area contributed by atoms with E-state index in [4.69, 9.17) is 16.3 Å². The van der Waals surface area contributed by atoms with Gasteiger partial charge in [0.2, 0.25) is 0 Å². The Morgan fingerprint density at radius 1 is 1.09 bits per heavy atom. The molecule has 1 spiro atoms. The van der Waals surface area contributed by atoms with Crippen LogP contribution in [0.5, 0.6) is 5.75 Å². The second-order valence-electron chi connectivity index (χ2n) is 9.75. The molecule has 5 nitrogen and oxygen atoms in total. The van der Waals surface area contributed by atoms with E-state index in [-0.39, 0.29) is 5.91 Å². The summed E-state index contributed by atoms with van der Waals surface area (Å²) in [6.45, 7) is 9.91. The molecule has 0 atom stereocenters. The minimum Gasteiger partial charge on any atom is -0.493 e. The number of aromatic nitrogens is 1. The maximum atomic E-state index is 12.8. The predicted molar refractivity (Wildman–Crippen MR) is 128 cm³/mol. The number of hydrogen-bond donors (Lipinski definition) is 0. The van der Waals surface area contributed by atoms with E-state index in [2.05, 4.69) is 48.0 Å². The van der Waals surface area contributed by atoms with Crippen LogP contribution in [0.1, 0.15) is 55.5 Å². The number of halogens is 1. The van der Waals surface area contributed by atoms with Gasteiger partial charge >= 0.3 is 0 Å². The van der Waals surface area contributed by atoms with Gasteiger partial charge in [-0.25, -0.2) is 4.98 Å². The maximum absolute atomic E-state index is 12.8. The molecule has 0 aliphatic carbocycles. The Morgan fingerprint density at radius 2 is 1.78 bits per heavy atom. The fourth-order valence-electron chi connectivity index (χ4n) is 4.86. The zero-order chi connectivity index (χ0) is 22.6. The zero-order valence-electron chi connectivity index (χ0n) is 19.2. The SMILES string of the molecule is CC(C)COc1ccccc1CN1CCC2(CC1)CCN(C(=O)c1ccnc(Cl)c1)CC2. The van der Waals surface area contributed by atoms with Crippen LogP contribution in [0.25, 0.3) is 0 Å². The van der Waals surface area contributed by atoms with Crippen LogP contribution in [0, 0.1) is 11.3 Å². The van der Waals surface area contributed by atoms with Gasteiger partial charge in [0.05, 0.1) is 6.61 Å². The summed E-state index contributed by atoms with van der Waals surface area (Å²) < 4.78 is 6.05. The van der Waals surface area contributed by atoms with Crippen molar-refractivity contribution in [3.05, 3.63) is 58.9 Å². The minimum atomic E-state index is 0.0691. The molecule has 6 heteroatoms. The van der Waals surface area contributed by atoms with Crippen molar-refractivity contribution < 1.29 is 9.53 Å². The number of carbonyl (C=O) groups excluding carboxylic acids is 1. The predicted octanol–water partition coefficient (Wildman–Crippen LogP) is 5.29. The van der Waals surface area contributed by atoms with E-state index in [0.717, 1.165) is 57.9 Å². The molecular weight excluding hydrogens is 422 g/mol. The average Bonchev–Trinajstić information content (AvgIpc) is 2.80. The third kappa shape index (κ3) is 5.62. The smallest absolute Gasteiger partial charge is 0.254 e. The fraction of sp³-hybridized carbons (Fsp3) is 0.538. The van der Waals surface area contributed by atoms with Crippen molar-refractivity contribution in [2.24, 2.45) is 11.3 Å². The Kier molecular flexibility index (Phi) is 7.37. The Labute approximate surface area is 196 Å². The Hall–Kier alpha value is -2.11. The first kappa shape index (κ1) is 23.1. The van der Waals surface area contributed by atoms with Gasteiger partial charge in [-0.15, -0.1) is 0 Å². The minimum absolute atomic E-state index is 0.0691. The molecule has 172 valence electrons. The number of piperidine rings is 2. The third-order valence-electron chi connectivity index (χ3n) is 6.94. The number of para-hydroxylation sites is 1. The lowest BCUT2D eigenvalue weighted by atomic mass is 9.71. The first-order chi connectivity index (χ1) is 15.4. The zero-order valence-corrected chi connectivity index (χ0v) is 20.0. The molecule has 0 bridgehead atoms. The molecule has 3 heterocycles. The van der Waals surface area contributed by atoms with Gasteiger partial charge < -0.3 is 9.64 Å². The van der Waals surface area contributed by atoms with E-state index in [1.807, 2.05) is 4.90 Å². The number of rotatable bonds is 6. The van der Waals surface area contributed by atoms with Crippen LogP contribution in [0.2, 0.25) is 5.15 Å². The van der Waals surface area contributed by atoms with Gasteiger partial charge in [0.1, 0.15) is 10.9 Å². The van der Waals surface area contributed by atoms with Crippen LogP contribution in [0.3, 0.4) is 0 Å². The summed E-state index contributed by atoms with van der Waals surface area (Å²) in [5.74, 6) is 1.61. The summed E-state index contributed by atoms with van der Waals surface area (Å²) in [4.78, 5) is 21.3. The molecule has 1 aromatic heterocycles. The topological polar surface area (TPSA) is 45.7 Å². The number of ether oxygens (including phenoxy) is 1. The Balaban J connectivity index is 1.29. The summed E-state index contributed by atoms with van der Waals surface area (Å²) >= 11 is 5.96. The van der Waals surface area contributed by atoms with Gasteiger partial charge in [0, 0.05) is 37.0 Å². The first-order valence-electron chi connectivity index (χ1n) is 11.8. The first-order valence-corrected chi connectivity index (χ1v) is 12.2. The number of hydrogen-bond acceptors (Lipinski definition) is 4. The van der Waals surface area contributed by atoms with Gasteiger partial charge in [0.15, 0.2) is 0 Å². The lowest BCUT2D eigenvalue weighted by molar-refractivity contribution is 0.0283. The van der Waals surface area contributed by atoms with Crippen LogP contribution < -0.4 is 4.74 Å². The molecule has 2 fully saturated rings. The molecule has 2 saturated heterocycles. The lowest BCUT2D eigenvalue weighted by Crippen LogP contribution is -2.48. The average molecular weight is 456 g/mol. The maximum Gasteiger partial charge on any atom is 0.254 e. The summed E-state index contributed by atoms with van der Waals surface area (Å²) in [5, 5.41) is 0.368. The number of nitrogens with zero attached hydrogens (tertiary/aromatic N) is 3. The summed E-state index contributed by atoms with van der Waals surface area (Å²) in [6.07, 6.45) is 6.16. The molecule has 2 aliphatic heterocycles. The summed E-state index contributed by atoms with van der Waals surface area (Å²) in [5.41, 5.74) is 2.28. The van der Waals surface area contributed by atoms with Gasteiger partial charge in [-0.1, -0.05) is 43.6 Å². The van der Waals surface area contributed by atoms with Gasteiger partial charge in [-0.05, 0) is 68.3 Å². The second-order valence-corrected chi connectivity index (χ2v) is 10.1. The molecular formula is C26H34ClN3O2. The van der Waals surface area contributed by atoms with Crippen LogP contribution in [0.4, 0.5) is 0 Å². The number of amides is 1. The quantitative estimate of drug-likeness (QED) is 0.555. The van der Waals surface area contributed by atoms with E-state index in [1.54, 1.807) is 18.3 Å². The largest absolute Gasteiger partial charge is 0.493 e. The Bertz CT molecular complexity index is 915. The lowest BCUT2D eigenvalue weighted by Gasteiger charge is -2.47. The standard InChI is InChI=1S/C26H34ClN3O2/c1-20(2)19-32-23-6-4-3-5-22(23)18-29-13-8-26(9-14-29)10-15-30(16-11-26)25(31)21-7-12-28-24(27)17-21/h3-7,12,17,20H,8-11,13-16,18-19H2,1-2H3. The Morgan fingerprint density at radius 3 is 2.47 bits per heavy atom. The molecule has 32 heavy (non-hydrogen) atoms. The third-order valence-corrected chi connectivity index (χ3v) is 7.15. The van der Waals surface area contributed by atoms with Crippen LogP contribution >= 0.6 is 11.6 Å². The molecule has 1 amide bonds. The van der Waals surface area contributed by atoms with E-state index >= 15 is 0 Å². The van der Waals surface area contributed by atoms with E-state index in [1.165, 1.54) is 18.4 Å². The van der Waals surface area contributed by atoms with Crippen molar-refractivity contribution in [3.63, 3.8) is 0 Å². The molecule has 0 N–H and O–H groups in total. The summed E-state index contributed by atoms with van der Waals surface area (Å²) in [6, 6.07) is 11.8. The van der Waals surface area contributed by atoms with Gasteiger partial charge in [0.25, 0.3) is 5.91 Å². The van der Waals surface area contributed by atoms with Crippen molar-refractivity contribution in [1.82, 2.24) is 14.8 Å². The molecule has 4 rings (SSSR count). The van der Waals surface area contributed by atoms with Gasteiger partial charge in [-0.3, -0.25) is 9.69 Å². The molecule has 1 aromatic carbocycles. The number of likely N-dealkylation sites (tertiary alicyclic amines) is 2. The highest BCUT2D eigenvalue weighted by Crippen LogP contribution is 2.42. The van der Waals surface area contributed by atoms with Crippen molar-refractivity contribution in [2.45, 2.75) is 46.1 Å². The van der Waals surface area contributed by atoms with Crippen LogP contribution in [-0.2, 0) is 6.54 Å². The monoisotopic (exact) mass is 455 g/mol. The molecule has 2 aliphatic rings. The molecule has 0 saturated carbocycles. The molecule has 0 unspecified atom stereocenters. The van der Waals surface area contributed by atoms with Crippen molar-refractivity contribution in [1.29, 1.82) is 0 Å². The number of benzene rings is 1. The summed E-state index contributed by atoms with van der Waals surface area (Å²) in [7, 11) is 0. The van der Waals surface area contributed by atoms with E-state index in [9.17, 15) is 4.79 Å². The van der Waals surface area contributed by atoms with Crippen LogP contribution in [0.15, 0.2) is 42.6 Å². The fourth-order valence-corrected chi connectivity index (χ4v) is 5.03. The molecule has 2 aromatic rings. The highest BCUT2D eigenvalue weighted by atomic mass is 35.5. The van der Waals surface area contributed by atoms with Crippen LogP contribution in [-0.4, -0.2) is 53.5 Å². The van der Waals surface area contributed by atoms with Crippen molar-refractivity contribution in [2.75, 3.05) is 32.8 Å². The molecule has 0 radical (unpaired) electrons. The van der Waals surface area contributed by atoms with Gasteiger partial charge in [-0.2, -0.15) is 0 Å². The van der Waals surface area contributed by atoms with Crippen molar-refractivity contribution in [3.8, 4) is 5.75 Å². The van der Waals surface area contributed by atoms with E-state index in [0.29, 0.717) is 22.0 Å². The van der Waals surface area contributed by atoms with E-state index < -0.39 is 0 Å². The number of pyridine rings is 1. The van der Waals surface area contributed by atoms with Crippen molar-refractivity contribution >= 4 is 17.5 Å². The number of carbonyl (C=O) groups is 1.